The molecule has 20 heavy (non-hydrogen) atoms. The molecule has 0 radical (unpaired) electrons. The maximum absolute atomic E-state index is 12.0. The molecule has 1 heterocycles. The fourth-order valence-corrected chi connectivity index (χ4v) is 1.98. The molecule has 1 saturated heterocycles. The molecule has 0 aromatic heterocycles. The van der Waals surface area contributed by atoms with Crippen LogP contribution in [0.25, 0.3) is 0 Å². The first-order valence-corrected chi connectivity index (χ1v) is 6.57. The van der Waals surface area contributed by atoms with Crippen LogP contribution in [0.2, 0.25) is 0 Å². The summed E-state index contributed by atoms with van der Waals surface area (Å²) >= 11 is 0. The Balaban J connectivity index is 2.05. The topological polar surface area (TPSA) is 79.5 Å². The van der Waals surface area contributed by atoms with Gasteiger partial charge in [-0.1, -0.05) is 6.07 Å². The first-order chi connectivity index (χ1) is 9.56. The molecule has 0 saturated carbocycles. The van der Waals surface area contributed by atoms with Gasteiger partial charge in [0.2, 0.25) is 5.91 Å². The van der Waals surface area contributed by atoms with Crippen molar-refractivity contribution < 1.29 is 14.3 Å². The standard InChI is InChI=1S/C14H19N3O3/c1-9-3-4-11(7-12(9)16-10(2)18)17-14(19)13-8-15-5-6-20-13/h3-4,7,13,15H,5-6,8H2,1-2H3,(H,16,18)(H,17,19). The zero-order valence-corrected chi connectivity index (χ0v) is 11.7. The number of morpholine rings is 1. The van der Waals surface area contributed by atoms with Crippen LogP contribution < -0.4 is 16.0 Å². The van der Waals surface area contributed by atoms with Gasteiger partial charge in [-0.2, -0.15) is 0 Å². The molecule has 3 N–H and O–H groups in total. The van der Waals surface area contributed by atoms with Crippen molar-refractivity contribution in [3.8, 4) is 0 Å². The molecular weight excluding hydrogens is 258 g/mol. The predicted molar refractivity (Wildman–Crippen MR) is 76.7 cm³/mol. The van der Waals surface area contributed by atoms with Crippen LogP contribution in [0.5, 0.6) is 0 Å². The first-order valence-electron chi connectivity index (χ1n) is 6.57. The van der Waals surface area contributed by atoms with Crippen molar-refractivity contribution in [2.45, 2.75) is 20.0 Å². The van der Waals surface area contributed by atoms with E-state index in [4.69, 9.17) is 4.74 Å². The Bertz CT molecular complexity index is 510. The normalized spacial score (nSPS) is 18.4. The number of rotatable bonds is 3. The fourth-order valence-electron chi connectivity index (χ4n) is 1.98. The van der Waals surface area contributed by atoms with Gasteiger partial charge < -0.3 is 20.7 Å². The van der Waals surface area contributed by atoms with E-state index in [2.05, 4.69) is 16.0 Å². The van der Waals surface area contributed by atoms with Crippen molar-refractivity contribution in [1.82, 2.24) is 5.32 Å². The van der Waals surface area contributed by atoms with Crippen LogP contribution in [0, 0.1) is 6.92 Å². The summed E-state index contributed by atoms with van der Waals surface area (Å²) in [6.07, 6.45) is -0.478. The summed E-state index contributed by atoms with van der Waals surface area (Å²) in [6.45, 7) is 5.15. The van der Waals surface area contributed by atoms with Gasteiger partial charge in [-0.05, 0) is 24.6 Å². The fraction of sp³-hybridized carbons (Fsp3) is 0.429. The molecule has 2 rings (SSSR count). The molecule has 108 valence electrons. The molecule has 1 aliphatic rings. The summed E-state index contributed by atoms with van der Waals surface area (Å²) in [4.78, 5) is 23.1. The van der Waals surface area contributed by atoms with Crippen LogP contribution in [-0.2, 0) is 14.3 Å². The Hall–Kier alpha value is -1.92. The molecule has 1 aromatic rings. The van der Waals surface area contributed by atoms with Crippen molar-refractivity contribution in [3.63, 3.8) is 0 Å². The average Bonchev–Trinajstić information content (AvgIpc) is 2.43. The molecule has 1 aromatic carbocycles. The van der Waals surface area contributed by atoms with E-state index in [0.29, 0.717) is 24.5 Å². The maximum atomic E-state index is 12.0. The minimum Gasteiger partial charge on any atom is -0.366 e. The Kier molecular flexibility index (Phi) is 4.70. The summed E-state index contributed by atoms with van der Waals surface area (Å²) in [5, 5.41) is 8.63. The van der Waals surface area contributed by atoms with Crippen molar-refractivity contribution in [2.24, 2.45) is 0 Å². The highest BCUT2D eigenvalue weighted by Gasteiger charge is 2.21. The highest BCUT2D eigenvalue weighted by molar-refractivity contribution is 5.96. The van der Waals surface area contributed by atoms with Gasteiger partial charge in [0.1, 0.15) is 6.10 Å². The largest absolute Gasteiger partial charge is 0.366 e. The minimum atomic E-state index is -0.478. The van der Waals surface area contributed by atoms with Crippen LogP contribution in [0.4, 0.5) is 11.4 Å². The van der Waals surface area contributed by atoms with Crippen molar-refractivity contribution in [3.05, 3.63) is 23.8 Å². The van der Waals surface area contributed by atoms with E-state index in [-0.39, 0.29) is 11.8 Å². The second-order valence-corrected chi connectivity index (χ2v) is 4.76. The van der Waals surface area contributed by atoms with E-state index < -0.39 is 6.10 Å². The third kappa shape index (κ3) is 3.79. The van der Waals surface area contributed by atoms with Gasteiger partial charge in [-0.3, -0.25) is 9.59 Å². The van der Waals surface area contributed by atoms with E-state index in [0.717, 1.165) is 12.1 Å². The molecule has 6 nitrogen and oxygen atoms in total. The molecule has 0 bridgehead atoms. The lowest BCUT2D eigenvalue weighted by atomic mass is 10.1. The van der Waals surface area contributed by atoms with Crippen LogP contribution >= 0.6 is 0 Å². The summed E-state index contributed by atoms with van der Waals surface area (Å²) in [5.41, 5.74) is 2.27. The lowest BCUT2D eigenvalue weighted by molar-refractivity contribution is -0.128. The van der Waals surface area contributed by atoms with Gasteiger partial charge in [-0.25, -0.2) is 0 Å². The number of aryl methyl sites for hydroxylation is 1. The first kappa shape index (κ1) is 14.5. The second-order valence-electron chi connectivity index (χ2n) is 4.76. The number of carbonyl (C=O) groups excluding carboxylic acids is 2. The molecule has 1 unspecified atom stereocenters. The zero-order chi connectivity index (χ0) is 14.5. The Morgan fingerprint density at radius 3 is 2.80 bits per heavy atom. The Labute approximate surface area is 117 Å². The summed E-state index contributed by atoms with van der Waals surface area (Å²) < 4.78 is 5.39. The van der Waals surface area contributed by atoms with Crippen molar-refractivity contribution in [2.75, 3.05) is 30.3 Å². The third-order valence-corrected chi connectivity index (χ3v) is 3.04. The quantitative estimate of drug-likeness (QED) is 0.766. The highest BCUT2D eigenvalue weighted by atomic mass is 16.5. The number of amides is 2. The molecule has 0 aliphatic carbocycles. The number of carbonyl (C=O) groups is 2. The van der Waals surface area contributed by atoms with Gasteiger partial charge in [0, 0.05) is 31.4 Å². The van der Waals surface area contributed by atoms with E-state index in [1.807, 2.05) is 13.0 Å². The van der Waals surface area contributed by atoms with Gasteiger partial charge in [0.05, 0.1) is 6.61 Å². The van der Waals surface area contributed by atoms with Gasteiger partial charge in [0.25, 0.3) is 5.91 Å². The number of ether oxygens (including phenoxy) is 1. The van der Waals surface area contributed by atoms with Crippen LogP contribution in [0.15, 0.2) is 18.2 Å². The predicted octanol–water partition coefficient (Wildman–Crippen LogP) is 0.880. The summed E-state index contributed by atoms with van der Waals surface area (Å²) in [6, 6.07) is 5.39. The minimum absolute atomic E-state index is 0.142. The lowest BCUT2D eigenvalue weighted by Gasteiger charge is -2.22. The number of hydrogen-bond acceptors (Lipinski definition) is 4. The highest BCUT2D eigenvalue weighted by Crippen LogP contribution is 2.20. The Morgan fingerprint density at radius 1 is 1.35 bits per heavy atom. The van der Waals surface area contributed by atoms with Gasteiger partial charge in [0.15, 0.2) is 0 Å². The van der Waals surface area contributed by atoms with Gasteiger partial charge in [-0.15, -0.1) is 0 Å². The van der Waals surface area contributed by atoms with Crippen LogP contribution in [0.1, 0.15) is 12.5 Å². The van der Waals surface area contributed by atoms with E-state index in [1.165, 1.54) is 6.92 Å². The summed E-state index contributed by atoms with van der Waals surface area (Å²) in [7, 11) is 0. The monoisotopic (exact) mass is 277 g/mol. The third-order valence-electron chi connectivity index (χ3n) is 3.04. The smallest absolute Gasteiger partial charge is 0.254 e. The number of nitrogens with one attached hydrogen (secondary N) is 3. The zero-order valence-electron chi connectivity index (χ0n) is 11.7. The lowest BCUT2D eigenvalue weighted by Crippen LogP contribution is -2.45. The van der Waals surface area contributed by atoms with Gasteiger partial charge >= 0.3 is 0 Å². The summed E-state index contributed by atoms with van der Waals surface area (Å²) in [5.74, 6) is -0.328. The second kappa shape index (κ2) is 6.49. The number of benzene rings is 1. The van der Waals surface area contributed by atoms with Crippen molar-refractivity contribution >= 4 is 23.2 Å². The van der Waals surface area contributed by atoms with E-state index in [1.54, 1.807) is 12.1 Å². The molecular formula is C14H19N3O3. The molecule has 1 aliphatic heterocycles. The molecule has 0 spiro atoms. The maximum Gasteiger partial charge on any atom is 0.254 e. The molecule has 6 heteroatoms. The number of hydrogen-bond donors (Lipinski definition) is 3. The SMILES string of the molecule is CC(=O)Nc1cc(NC(=O)C2CNCCO2)ccc1C. The van der Waals surface area contributed by atoms with Crippen LogP contribution in [-0.4, -0.2) is 37.6 Å². The average molecular weight is 277 g/mol. The van der Waals surface area contributed by atoms with E-state index >= 15 is 0 Å². The van der Waals surface area contributed by atoms with Crippen LogP contribution in [0.3, 0.4) is 0 Å². The van der Waals surface area contributed by atoms with E-state index in [9.17, 15) is 9.59 Å². The molecule has 1 fully saturated rings. The molecule has 2 amide bonds. The molecule has 1 atom stereocenters. The van der Waals surface area contributed by atoms with Crippen molar-refractivity contribution in [1.29, 1.82) is 0 Å². The number of anilines is 2. The Morgan fingerprint density at radius 2 is 2.15 bits per heavy atom.